The van der Waals surface area contributed by atoms with Crippen LogP contribution in [0.15, 0.2) is 24.3 Å². The highest BCUT2D eigenvalue weighted by Crippen LogP contribution is 2.28. The first kappa shape index (κ1) is 17.9. The minimum absolute atomic E-state index is 0.0607. The van der Waals surface area contributed by atoms with Crippen LogP contribution in [0.1, 0.15) is 18.4 Å². The molecule has 3 aliphatic rings. The van der Waals surface area contributed by atoms with Gasteiger partial charge in [0.1, 0.15) is 0 Å². The van der Waals surface area contributed by atoms with Crippen LogP contribution in [0.5, 0.6) is 0 Å². The fourth-order valence-corrected chi connectivity index (χ4v) is 5.22. The molecule has 1 aromatic carbocycles. The van der Waals surface area contributed by atoms with Gasteiger partial charge in [-0.1, -0.05) is 18.2 Å². The molecule has 0 aliphatic carbocycles. The predicted octanol–water partition coefficient (Wildman–Crippen LogP) is 1.86. The van der Waals surface area contributed by atoms with Gasteiger partial charge in [0.2, 0.25) is 11.8 Å². The lowest BCUT2D eigenvalue weighted by atomic mass is 9.96. The third-order valence-electron chi connectivity index (χ3n) is 5.72. The Bertz CT molecular complexity index is 675. The number of carbonyl (C=O) groups excluding carboxylic acids is 2. The van der Waals surface area contributed by atoms with Gasteiger partial charge in [0, 0.05) is 43.4 Å². The molecule has 1 atom stereocenters. The minimum Gasteiger partial charge on any atom is -0.341 e. The normalized spacial score (nSPS) is 23.8. The van der Waals surface area contributed by atoms with Gasteiger partial charge in [0.05, 0.1) is 12.5 Å². The number of carbonyl (C=O) groups is 2. The SMILES string of the molecule is O=C(C1CCCN(CC(=O)N2CCc3ccccc32)C1)N1CCSCC1. The van der Waals surface area contributed by atoms with Crippen molar-refractivity contribution in [3.05, 3.63) is 29.8 Å². The fourth-order valence-electron chi connectivity index (χ4n) is 4.32. The zero-order valence-electron chi connectivity index (χ0n) is 15.2. The van der Waals surface area contributed by atoms with Crippen LogP contribution >= 0.6 is 11.8 Å². The lowest BCUT2D eigenvalue weighted by Gasteiger charge is -2.36. The molecule has 2 fully saturated rings. The molecule has 1 aromatic rings. The molecule has 3 aliphatic heterocycles. The van der Waals surface area contributed by atoms with E-state index in [-0.39, 0.29) is 11.8 Å². The summed E-state index contributed by atoms with van der Waals surface area (Å²) in [5.41, 5.74) is 2.32. The molecule has 6 heteroatoms. The summed E-state index contributed by atoms with van der Waals surface area (Å²) in [6.07, 6.45) is 2.90. The van der Waals surface area contributed by atoms with Crippen LogP contribution in [0.3, 0.4) is 0 Å². The Morgan fingerprint density at radius 3 is 2.73 bits per heavy atom. The second-order valence-electron chi connectivity index (χ2n) is 7.44. The van der Waals surface area contributed by atoms with E-state index in [2.05, 4.69) is 11.0 Å². The molecular weight excluding hydrogens is 346 g/mol. The number of benzene rings is 1. The van der Waals surface area contributed by atoms with Crippen molar-refractivity contribution in [2.45, 2.75) is 19.3 Å². The van der Waals surface area contributed by atoms with Crippen molar-refractivity contribution in [2.24, 2.45) is 5.92 Å². The van der Waals surface area contributed by atoms with E-state index in [1.54, 1.807) is 0 Å². The summed E-state index contributed by atoms with van der Waals surface area (Å²) in [6, 6.07) is 8.18. The number of hydrogen-bond acceptors (Lipinski definition) is 4. The van der Waals surface area contributed by atoms with Crippen LogP contribution in [0.4, 0.5) is 5.69 Å². The number of anilines is 1. The Hall–Kier alpha value is -1.53. The topological polar surface area (TPSA) is 43.9 Å². The monoisotopic (exact) mass is 373 g/mol. The van der Waals surface area contributed by atoms with Gasteiger partial charge in [-0.05, 0) is 37.4 Å². The largest absolute Gasteiger partial charge is 0.341 e. The van der Waals surface area contributed by atoms with Crippen molar-refractivity contribution in [3.8, 4) is 0 Å². The summed E-state index contributed by atoms with van der Waals surface area (Å²) < 4.78 is 0. The molecular formula is C20H27N3O2S. The Morgan fingerprint density at radius 1 is 1.08 bits per heavy atom. The first-order chi connectivity index (χ1) is 12.7. The third-order valence-corrected chi connectivity index (χ3v) is 6.67. The van der Waals surface area contributed by atoms with Crippen molar-refractivity contribution in [1.82, 2.24) is 9.80 Å². The molecule has 140 valence electrons. The van der Waals surface area contributed by atoms with Crippen LogP contribution in [0.2, 0.25) is 0 Å². The zero-order valence-corrected chi connectivity index (χ0v) is 16.0. The number of likely N-dealkylation sites (tertiary alicyclic amines) is 1. The number of amides is 2. The van der Waals surface area contributed by atoms with E-state index >= 15 is 0 Å². The van der Waals surface area contributed by atoms with E-state index in [1.807, 2.05) is 39.8 Å². The number of fused-ring (bicyclic) bond motifs is 1. The van der Waals surface area contributed by atoms with E-state index in [0.29, 0.717) is 12.5 Å². The molecule has 1 unspecified atom stereocenters. The van der Waals surface area contributed by atoms with Crippen molar-refractivity contribution in [3.63, 3.8) is 0 Å². The van der Waals surface area contributed by atoms with E-state index in [9.17, 15) is 9.59 Å². The Labute approximate surface area is 159 Å². The maximum atomic E-state index is 12.8. The molecule has 5 nitrogen and oxygen atoms in total. The molecule has 0 bridgehead atoms. The lowest BCUT2D eigenvalue weighted by molar-refractivity contribution is -0.137. The highest BCUT2D eigenvalue weighted by Gasteiger charge is 2.32. The molecule has 26 heavy (non-hydrogen) atoms. The van der Waals surface area contributed by atoms with Crippen LogP contribution < -0.4 is 4.90 Å². The van der Waals surface area contributed by atoms with Crippen molar-refractivity contribution in [1.29, 1.82) is 0 Å². The molecule has 0 saturated carbocycles. The average Bonchev–Trinajstić information content (AvgIpc) is 3.12. The molecule has 0 radical (unpaired) electrons. The summed E-state index contributed by atoms with van der Waals surface area (Å²) in [4.78, 5) is 31.8. The Balaban J connectivity index is 1.35. The quantitative estimate of drug-likeness (QED) is 0.811. The van der Waals surface area contributed by atoms with Gasteiger partial charge >= 0.3 is 0 Å². The van der Waals surface area contributed by atoms with Gasteiger partial charge < -0.3 is 9.80 Å². The number of para-hydroxylation sites is 1. The number of thioether (sulfide) groups is 1. The number of piperidine rings is 1. The molecule has 0 spiro atoms. The van der Waals surface area contributed by atoms with E-state index in [4.69, 9.17) is 0 Å². The summed E-state index contributed by atoms with van der Waals surface area (Å²) in [5, 5.41) is 0. The number of hydrogen-bond donors (Lipinski definition) is 0. The van der Waals surface area contributed by atoms with Crippen LogP contribution in [-0.2, 0) is 16.0 Å². The molecule has 2 amide bonds. The first-order valence-electron chi connectivity index (χ1n) is 9.69. The van der Waals surface area contributed by atoms with E-state index in [1.165, 1.54) is 5.56 Å². The van der Waals surface area contributed by atoms with Crippen molar-refractivity contribution in [2.75, 3.05) is 55.7 Å². The van der Waals surface area contributed by atoms with E-state index in [0.717, 1.165) is 69.2 Å². The van der Waals surface area contributed by atoms with Gasteiger partial charge in [-0.15, -0.1) is 0 Å². The minimum atomic E-state index is 0.0607. The Morgan fingerprint density at radius 2 is 1.88 bits per heavy atom. The smallest absolute Gasteiger partial charge is 0.241 e. The van der Waals surface area contributed by atoms with Gasteiger partial charge in [-0.3, -0.25) is 14.5 Å². The number of rotatable bonds is 3. The van der Waals surface area contributed by atoms with Crippen molar-refractivity contribution < 1.29 is 9.59 Å². The third kappa shape index (κ3) is 3.76. The molecule has 0 aromatic heterocycles. The second-order valence-corrected chi connectivity index (χ2v) is 8.66. The predicted molar refractivity (Wildman–Crippen MR) is 106 cm³/mol. The second kappa shape index (κ2) is 8.01. The van der Waals surface area contributed by atoms with Crippen LogP contribution in [0.25, 0.3) is 0 Å². The highest BCUT2D eigenvalue weighted by molar-refractivity contribution is 7.99. The molecule has 3 heterocycles. The van der Waals surface area contributed by atoms with Gasteiger partial charge in [0.25, 0.3) is 0 Å². The highest BCUT2D eigenvalue weighted by atomic mass is 32.2. The van der Waals surface area contributed by atoms with Crippen LogP contribution in [0, 0.1) is 5.92 Å². The summed E-state index contributed by atoms with van der Waals surface area (Å²) in [5.74, 6) is 2.63. The van der Waals surface area contributed by atoms with Gasteiger partial charge in [0.15, 0.2) is 0 Å². The van der Waals surface area contributed by atoms with Crippen LogP contribution in [-0.4, -0.2) is 72.4 Å². The lowest BCUT2D eigenvalue weighted by Crippen LogP contribution is -2.49. The zero-order chi connectivity index (χ0) is 17.9. The summed E-state index contributed by atoms with van der Waals surface area (Å²) in [6.45, 7) is 4.60. The summed E-state index contributed by atoms with van der Waals surface area (Å²) in [7, 11) is 0. The standard InChI is InChI=1S/C20H27N3O2S/c24-19(23-9-7-16-4-1-2-6-18(16)23)15-21-8-3-5-17(14-21)20(25)22-10-12-26-13-11-22/h1-2,4,6,17H,3,5,7-15H2. The summed E-state index contributed by atoms with van der Waals surface area (Å²) >= 11 is 1.93. The van der Waals surface area contributed by atoms with E-state index < -0.39 is 0 Å². The molecule has 2 saturated heterocycles. The van der Waals surface area contributed by atoms with Crippen molar-refractivity contribution >= 4 is 29.3 Å². The number of nitrogens with zero attached hydrogens (tertiary/aromatic N) is 3. The Kier molecular flexibility index (Phi) is 5.50. The fraction of sp³-hybridized carbons (Fsp3) is 0.600. The van der Waals surface area contributed by atoms with Gasteiger partial charge in [-0.2, -0.15) is 11.8 Å². The van der Waals surface area contributed by atoms with Gasteiger partial charge in [-0.25, -0.2) is 0 Å². The first-order valence-corrected chi connectivity index (χ1v) is 10.8. The maximum absolute atomic E-state index is 12.8. The maximum Gasteiger partial charge on any atom is 0.241 e. The molecule has 4 rings (SSSR count). The average molecular weight is 374 g/mol. The molecule has 0 N–H and O–H groups in total.